The highest BCUT2D eigenvalue weighted by Crippen LogP contribution is 2.46. The van der Waals surface area contributed by atoms with Crippen LogP contribution in [0.25, 0.3) is 11.1 Å². The maximum Gasteiger partial charge on any atom is 0.223 e. The van der Waals surface area contributed by atoms with Crippen molar-refractivity contribution in [1.82, 2.24) is 15.1 Å². The quantitative estimate of drug-likeness (QED) is 0.484. The van der Waals surface area contributed by atoms with Crippen LogP contribution in [0.2, 0.25) is 0 Å². The van der Waals surface area contributed by atoms with Gasteiger partial charge < -0.3 is 10.2 Å². The minimum atomic E-state index is 0.165. The number of likely N-dealkylation sites (tertiary alicyclic amines) is 1. The maximum atomic E-state index is 13.6. The van der Waals surface area contributed by atoms with Gasteiger partial charge in [-0.05, 0) is 60.4 Å². The van der Waals surface area contributed by atoms with E-state index in [0.29, 0.717) is 36.4 Å². The topological polar surface area (TPSA) is 35.6 Å². The lowest BCUT2D eigenvalue weighted by Crippen LogP contribution is -2.57. The summed E-state index contributed by atoms with van der Waals surface area (Å²) in [5.41, 5.74) is 6.61. The molecule has 4 heteroatoms. The van der Waals surface area contributed by atoms with Crippen molar-refractivity contribution in [3.8, 4) is 11.1 Å². The Labute approximate surface area is 221 Å². The number of rotatable bonds is 5. The van der Waals surface area contributed by atoms with E-state index in [1.807, 2.05) is 0 Å². The molecule has 0 aromatic heterocycles. The van der Waals surface area contributed by atoms with Gasteiger partial charge in [-0.15, -0.1) is 0 Å². The Bertz CT molecular complexity index is 1190. The van der Waals surface area contributed by atoms with Crippen molar-refractivity contribution >= 4 is 5.91 Å². The number of benzene rings is 3. The van der Waals surface area contributed by atoms with Crippen LogP contribution in [0.3, 0.4) is 0 Å². The van der Waals surface area contributed by atoms with Crippen molar-refractivity contribution in [2.24, 2.45) is 5.92 Å². The van der Waals surface area contributed by atoms with Crippen LogP contribution in [0.1, 0.15) is 61.8 Å². The highest BCUT2D eigenvalue weighted by molar-refractivity contribution is 5.84. The molecule has 0 spiro atoms. The fraction of sp³-hybridized carbons (Fsp3) is 0.424. The van der Waals surface area contributed by atoms with Crippen molar-refractivity contribution in [2.75, 3.05) is 26.2 Å². The van der Waals surface area contributed by atoms with Gasteiger partial charge in [0.15, 0.2) is 0 Å². The van der Waals surface area contributed by atoms with E-state index in [2.05, 4.69) is 108 Å². The molecule has 0 saturated carbocycles. The molecule has 3 aromatic carbocycles. The van der Waals surface area contributed by atoms with Gasteiger partial charge in [-0.1, -0.05) is 78.9 Å². The zero-order valence-electron chi connectivity index (χ0n) is 22.1. The molecule has 6 rings (SSSR count). The van der Waals surface area contributed by atoms with Gasteiger partial charge in [-0.25, -0.2) is 0 Å². The van der Waals surface area contributed by atoms with Crippen LogP contribution in [-0.2, 0) is 4.79 Å². The summed E-state index contributed by atoms with van der Waals surface area (Å²) in [5, 5.41) is 3.65. The van der Waals surface area contributed by atoms with Gasteiger partial charge in [0.05, 0.1) is 0 Å². The average molecular weight is 494 g/mol. The van der Waals surface area contributed by atoms with E-state index in [-0.39, 0.29) is 5.92 Å². The monoisotopic (exact) mass is 493 g/mol. The molecule has 0 radical (unpaired) electrons. The number of piperazine rings is 1. The number of nitrogens with one attached hydrogen (secondary N) is 1. The first-order valence-electron chi connectivity index (χ1n) is 14.1. The minimum Gasteiger partial charge on any atom is -0.343 e. The third-order valence-electron chi connectivity index (χ3n) is 9.26. The number of carbonyl (C=O) groups is 1. The second-order valence-corrected chi connectivity index (χ2v) is 11.2. The first kappa shape index (κ1) is 24.4. The van der Waals surface area contributed by atoms with Crippen LogP contribution in [0.15, 0.2) is 78.9 Å². The molecule has 1 N–H and O–H groups in total. The Hall–Kier alpha value is -2.95. The zero-order chi connectivity index (χ0) is 25.4. The second-order valence-electron chi connectivity index (χ2n) is 11.2. The summed E-state index contributed by atoms with van der Waals surface area (Å²) >= 11 is 0. The lowest BCUT2D eigenvalue weighted by molar-refractivity contribution is -0.133. The van der Waals surface area contributed by atoms with E-state index >= 15 is 0 Å². The van der Waals surface area contributed by atoms with Crippen molar-refractivity contribution < 1.29 is 4.79 Å². The molecule has 37 heavy (non-hydrogen) atoms. The van der Waals surface area contributed by atoms with Crippen LogP contribution in [0.5, 0.6) is 0 Å². The van der Waals surface area contributed by atoms with Crippen molar-refractivity contribution in [3.05, 3.63) is 95.6 Å². The minimum absolute atomic E-state index is 0.165. The summed E-state index contributed by atoms with van der Waals surface area (Å²) in [7, 11) is 0. The Morgan fingerprint density at radius 1 is 0.838 bits per heavy atom. The lowest BCUT2D eigenvalue weighted by atomic mass is 9.82. The first-order chi connectivity index (χ1) is 18.1. The summed E-state index contributed by atoms with van der Waals surface area (Å²) in [6.07, 6.45) is 2.69. The molecule has 2 aliphatic heterocycles. The maximum absolute atomic E-state index is 13.6. The van der Waals surface area contributed by atoms with Crippen LogP contribution >= 0.6 is 0 Å². The van der Waals surface area contributed by atoms with E-state index in [9.17, 15) is 4.79 Å². The molecule has 0 bridgehead atoms. The van der Waals surface area contributed by atoms with Crippen LogP contribution < -0.4 is 5.32 Å². The number of amides is 1. The van der Waals surface area contributed by atoms with Crippen molar-refractivity contribution in [2.45, 2.75) is 57.2 Å². The molecule has 192 valence electrons. The van der Waals surface area contributed by atoms with E-state index in [4.69, 9.17) is 0 Å². The summed E-state index contributed by atoms with van der Waals surface area (Å²) in [6, 6.07) is 29.7. The van der Waals surface area contributed by atoms with Gasteiger partial charge in [0.2, 0.25) is 5.91 Å². The number of carbonyl (C=O) groups excluding carboxylic acids is 1. The third kappa shape index (κ3) is 4.62. The number of hydrogen-bond donors (Lipinski definition) is 1. The predicted octanol–water partition coefficient (Wildman–Crippen LogP) is 5.85. The van der Waals surface area contributed by atoms with Gasteiger partial charge in [0.1, 0.15) is 0 Å². The molecule has 3 unspecified atom stereocenters. The molecular weight excluding hydrogens is 454 g/mol. The molecular formula is C33H39N3O. The van der Waals surface area contributed by atoms with E-state index < -0.39 is 0 Å². The van der Waals surface area contributed by atoms with Gasteiger partial charge >= 0.3 is 0 Å². The second kappa shape index (κ2) is 10.4. The SMILES string of the molecule is CC1NCCN(C(c2ccccc2)C2CCN(C(=O)CC3c4ccccc4-c4ccccc43)CC2)C1C. The van der Waals surface area contributed by atoms with Gasteiger partial charge in [-0.2, -0.15) is 0 Å². The highest BCUT2D eigenvalue weighted by atomic mass is 16.2. The zero-order valence-corrected chi connectivity index (χ0v) is 22.1. The number of nitrogens with zero attached hydrogens (tertiary/aromatic N) is 2. The largest absolute Gasteiger partial charge is 0.343 e. The Morgan fingerprint density at radius 2 is 1.43 bits per heavy atom. The van der Waals surface area contributed by atoms with E-state index in [1.165, 1.54) is 27.8 Å². The van der Waals surface area contributed by atoms with Gasteiger partial charge in [-0.3, -0.25) is 9.69 Å². The fourth-order valence-corrected chi connectivity index (χ4v) is 7.11. The smallest absolute Gasteiger partial charge is 0.223 e. The van der Waals surface area contributed by atoms with E-state index in [0.717, 1.165) is 39.0 Å². The Morgan fingerprint density at radius 3 is 2.08 bits per heavy atom. The summed E-state index contributed by atoms with van der Waals surface area (Å²) in [6.45, 7) is 8.50. The van der Waals surface area contributed by atoms with Gasteiger partial charge in [0, 0.05) is 56.6 Å². The average Bonchev–Trinajstić information content (AvgIpc) is 3.26. The Balaban J connectivity index is 1.17. The molecule has 2 saturated heterocycles. The summed E-state index contributed by atoms with van der Waals surface area (Å²) in [5.74, 6) is 1.03. The molecule has 3 aromatic rings. The molecule has 1 aliphatic carbocycles. The third-order valence-corrected chi connectivity index (χ3v) is 9.26. The van der Waals surface area contributed by atoms with Crippen LogP contribution in [0, 0.1) is 5.92 Å². The Kier molecular flexibility index (Phi) is 6.88. The molecule has 2 heterocycles. The van der Waals surface area contributed by atoms with Crippen LogP contribution in [0.4, 0.5) is 0 Å². The normalized spacial score (nSPS) is 23.5. The molecule has 3 aliphatic rings. The summed E-state index contributed by atoms with van der Waals surface area (Å²) in [4.78, 5) is 18.5. The highest BCUT2D eigenvalue weighted by Gasteiger charge is 2.38. The van der Waals surface area contributed by atoms with Crippen LogP contribution in [-0.4, -0.2) is 54.0 Å². The number of piperidine rings is 1. The molecule has 3 atom stereocenters. The molecule has 4 nitrogen and oxygen atoms in total. The predicted molar refractivity (Wildman–Crippen MR) is 150 cm³/mol. The standard InChI is InChI=1S/C33H39N3O/c1-23-24(2)36(21-18-34-23)33(25-10-4-3-5-11-25)26-16-19-35(20-17-26)32(37)22-31-29-14-8-6-12-27(29)28-13-7-9-15-30(28)31/h3-15,23-24,26,31,33-34H,16-22H2,1-2H3. The summed E-state index contributed by atoms with van der Waals surface area (Å²) < 4.78 is 0. The van der Waals surface area contributed by atoms with E-state index in [1.54, 1.807) is 0 Å². The van der Waals surface area contributed by atoms with Gasteiger partial charge in [0.25, 0.3) is 0 Å². The first-order valence-corrected chi connectivity index (χ1v) is 14.1. The lowest BCUT2D eigenvalue weighted by Gasteiger charge is -2.48. The number of fused-ring (bicyclic) bond motifs is 3. The molecule has 2 fully saturated rings. The van der Waals surface area contributed by atoms with Crippen molar-refractivity contribution in [1.29, 1.82) is 0 Å². The molecule has 1 amide bonds. The number of hydrogen-bond acceptors (Lipinski definition) is 3. The van der Waals surface area contributed by atoms with Crippen molar-refractivity contribution in [3.63, 3.8) is 0 Å². The fourth-order valence-electron chi connectivity index (χ4n) is 7.11.